The molecule has 0 amide bonds. The molecule has 3 heterocycles. The van der Waals surface area contributed by atoms with Crippen LogP contribution in [0.5, 0.6) is 0 Å². The van der Waals surface area contributed by atoms with E-state index in [1.54, 1.807) is 0 Å². The zero-order valence-corrected chi connectivity index (χ0v) is 13.4. The molecule has 0 N–H and O–H groups in total. The smallest absolute Gasteiger partial charge is 0.297 e. The van der Waals surface area contributed by atoms with Gasteiger partial charge in [-0.15, -0.1) is 11.3 Å². The van der Waals surface area contributed by atoms with Gasteiger partial charge in [0.15, 0.2) is 5.69 Å². The summed E-state index contributed by atoms with van der Waals surface area (Å²) < 4.78 is 37.8. The summed E-state index contributed by atoms with van der Waals surface area (Å²) in [6, 6.07) is 4.10. The van der Waals surface area contributed by atoms with E-state index in [-0.39, 0.29) is 0 Å². The highest BCUT2D eigenvalue weighted by Crippen LogP contribution is 2.31. The van der Waals surface area contributed by atoms with Gasteiger partial charge >= 0.3 is 6.18 Å². The van der Waals surface area contributed by atoms with E-state index in [0.717, 1.165) is 49.1 Å². The fourth-order valence-corrected chi connectivity index (χ4v) is 3.83. The lowest BCUT2D eigenvalue weighted by Gasteiger charge is -2.18. The van der Waals surface area contributed by atoms with Crippen molar-refractivity contribution in [2.75, 3.05) is 13.1 Å². The highest BCUT2D eigenvalue weighted by molar-refractivity contribution is 7.09. The number of nitrogens with zero attached hydrogens (tertiary/aromatic N) is 3. The molecule has 23 heavy (non-hydrogen) atoms. The van der Waals surface area contributed by atoms with Crippen molar-refractivity contribution in [3.05, 3.63) is 46.2 Å². The number of hydrogen-bond acceptors (Lipinski definition) is 4. The molecule has 1 fully saturated rings. The number of thiazole rings is 1. The third-order valence-corrected chi connectivity index (χ3v) is 5.03. The predicted molar refractivity (Wildman–Crippen MR) is 83.2 cm³/mol. The van der Waals surface area contributed by atoms with Gasteiger partial charge in [0.25, 0.3) is 0 Å². The lowest BCUT2D eigenvalue weighted by atomic mass is 9.93. The van der Waals surface area contributed by atoms with Crippen molar-refractivity contribution in [1.82, 2.24) is 14.9 Å². The molecule has 0 saturated carbocycles. The molecule has 1 aliphatic rings. The maximum absolute atomic E-state index is 12.6. The van der Waals surface area contributed by atoms with Crippen molar-refractivity contribution < 1.29 is 13.2 Å². The zero-order chi connectivity index (χ0) is 16.3. The number of pyridine rings is 1. The second kappa shape index (κ2) is 6.97. The van der Waals surface area contributed by atoms with E-state index >= 15 is 0 Å². The van der Waals surface area contributed by atoms with Crippen LogP contribution in [0.15, 0.2) is 29.9 Å². The van der Waals surface area contributed by atoms with Gasteiger partial charge in [0, 0.05) is 17.8 Å². The van der Waals surface area contributed by atoms with Gasteiger partial charge in [0.2, 0.25) is 0 Å². The van der Waals surface area contributed by atoms with Gasteiger partial charge in [0.05, 0.1) is 6.54 Å². The van der Waals surface area contributed by atoms with Crippen LogP contribution < -0.4 is 0 Å². The first-order valence-corrected chi connectivity index (χ1v) is 8.54. The molecule has 0 spiro atoms. The Morgan fingerprint density at radius 2 is 1.96 bits per heavy atom. The largest absolute Gasteiger partial charge is 0.434 e. The maximum Gasteiger partial charge on any atom is 0.434 e. The summed E-state index contributed by atoms with van der Waals surface area (Å²) in [4.78, 5) is 9.98. The molecule has 0 bridgehead atoms. The third-order valence-electron chi connectivity index (χ3n) is 4.20. The maximum atomic E-state index is 12.6. The van der Waals surface area contributed by atoms with Gasteiger partial charge in [0.1, 0.15) is 5.01 Å². The standard InChI is InChI=1S/C16H18F3N3S/c17-16(18,19)14-11-23-15(21-14)10-22-8-1-2-12(5-9-22)13-3-6-20-7-4-13/h3-4,6-7,11-12H,1-2,5,8-10H2. The predicted octanol–water partition coefficient (Wildman–Crippen LogP) is 4.33. The lowest BCUT2D eigenvalue weighted by molar-refractivity contribution is -0.140. The average molecular weight is 341 g/mol. The van der Waals surface area contributed by atoms with E-state index in [4.69, 9.17) is 0 Å². The van der Waals surface area contributed by atoms with E-state index < -0.39 is 11.9 Å². The van der Waals surface area contributed by atoms with Crippen LogP contribution in [0.3, 0.4) is 0 Å². The second-order valence-electron chi connectivity index (χ2n) is 5.81. The Morgan fingerprint density at radius 1 is 1.17 bits per heavy atom. The van der Waals surface area contributed by atoms with Crippen LogP contribution in [0.4, 0.5) is 13.2 Å². The van der Waals surface area contributed by atoms with Crippen molar-refractivity contribution in [2.45, 2.75) is 37.9 Å². The van der Waals surface area contributed by atoms with Crippen molar-refractivity contribution in [3.63, 3.8) is 0 Å². The Bertz CT molecular complexity index is 627. The number of likely N-dealkylation sites (tertiary alicyclic amines) is 1. The van der Waals surface area contributed by atoms with Crippen LogP contribution in [0.2, 0.25) is 0 Å². The number of rotatable bonds is 3. The molecule has 7 heteroatoms. The highest BCUT2D eigenvalue weighted by Gasteiger charge is 2.33. The van der Waals surface area contributed by atoms with E-state index in [1.807, 2.05) is 12.4 Å². The van der Waals surface area contributed by atoms with Crippen LogP contribution in [0.25, 0.3) is 0 Å². The Morgan fingerprint density at radius 3 is 2.65 bits per heavy atom. The summed E-state index contributed by atoms with van der Waals surface area (Å²) >= 11 is 1.09. The average Bonchev–Trinajstić information content (AvgIpc) is 2.88. The van der Waals surface area contributed by atoms with Crippen LogP contribution in [0, 0.1) is 0 Å². The molecule has 1 unspecified atom stereocenters. The van der Waals surface area contributed by atoms with E-state index in [1.165, 1.54) is 5.56 Å². The fraction of sp³-hybridized carbons (Fsp3) is 0.500. The first-order chi connectivity index (χ1) is 11.0. The molecule has 0 radical (unpaired) electrons. The molecule has 124 valence electrons. The molecule has 1 aliphatic heterocycles. The number of hydrogen-bond donors (Lipinski definition) is 0. The summed E-state index contributed by atoms with van der Waals surface area (Å²) in [6.07, 6.45) is 2.44. The molecule has 0 aliphatic carbocycles. The number of aromatic nitrogens is 2. The van der Waals surface area contributed by atoms with Crippen molar-refractivity contribution in [1.29, 1.82) is 0 Å². The van der Waals surface area contributed by atoms with Gasteiger partial charge in [-0.25, -0.2) is 4.98 Å². The lowest BCUT2D eigenvalue weighted by Crippen LogP contribution is -2.24. The summed E-state index contributed by atoms with van der Waals surface area (Å²) in [5, 5.41) is 1.65. The molecule has 2 aromatic heterocycles. The Balaban J connectivity index is 1.59. The topological polar surface area (TPSA) is 29.0 Å². The Labute approximate surface area is 137 Å². The molecule has 2 aromatic rings. The SMILES string of the molecule is FC(F)(F)c1csc(CN2CCCC(c3ccncc3)CC2)n1. The van der Waals surface area contributed by atoms with Crippen molar-refractivity contribution >= 4 is 11.3 Å². The monoisotopic (exact) mass is 341 g/mol. The first kappa shape index (κ1) is 16.4. The molecule has 0 aromatic carbocycles. The van der Waals surface area contributed by atoms with Gasteiger partial charge in [-0.1, -0.05) is 0 Å². The van der Waals surface area contributed by atoms with Crippen LogP contribution in [0.1, 0.15) is 41.4 Å². The van der Waals surface area contributed by atoms with Gasteiger partial charge in [-0.05, 0) is 56.0 Å². The Hall–Kier alpha value is -1.47. The summed E-state index contributed by atoms with van der Waals surface area (Å²) in [5.41, 5.74) is 0.525. The van der Waals surface area contributed by atoms with Crippen LogP contribution >= 0.6 is 11.3 Å². The number of alkyl halides is 3. The number of halogens is 3. The molecule has 1 saturated heterocycles. The second-order valence-corrected chi connectivity index (χ2v) is 6.75. The summed E-state index contributed by atoms with van der Waals surface area (Å²) in [6.45, 7) is 2.29. The normalized spacial score (nSPS) is 20.4. The van der Waals surface area contributed by atoms with Crippen molar-refractivity contribution in [2.24, 2.45) is 0 Å². The van der Waals surface area contributed by atoms with Gasteiger partial charge < -0.3 is 0 Å². The van der Waals surface area contributed by atoms with E-state index in [0.29, 0.717) is 17.5 Å². The van der Waals surface area contributed by atoms with E-state index in [9.17, 15) is 13.2 Å². The third kappa shape index (κ3) is 4.29. The minimum atomic E-state index is -4.35. The molecular formula is C16H18F3N3S. The molecule has 3 nitrogen and oxygen atoms in total. The first-order valence-electron chi connectivity index (χ1n) is 7.66. The zero-order valence-electron chi connectivity index (χ0n) is 12.6. The minimum Gasteiger partial charge on any atom is -0.297 e. The van der Waals surface area contributed by atoms with E-state index in [2.05, 4.69) is 27.0 Å². The molecule has 1 atom stereocenters. The van der Waals surface area contributed by atoms with Gasteiger partial charge in [-0.2, -0.15) is 13.2 Å². The molecular weight excluding hydrogens is 323 g/mol. The fourth-order valence-electron chi connectivity index (χ4n) is 2.99. The molecule has 3 rings (SSSR count). The van der Waals surface area contributed by atoms with Gasteiger partial charge in [-0.3, -0.25) is 9.88 Å². The highest BCUT2D eigenvalue weighted by atomic mass is 32.1. The van der Waals surface area contributed by atoms with Crippen LogP contribution in [-0.4, -0.2) is 28.0 Å². The van der Waals surface area contributed by atoms with Crippen molar-refractivity contribution in [3.8, 4) is 0 Å². The van der Waals surface area contributed by atoms with Crippen LogP contribution in [-0.2, 0) is 12.7 Å². The Kier molecular flexibility index (Phi) is 4.96. The summed E-state index contributed by atoms with van der Waals surface area (Å²) in [5.74, 6) is 0.505. The minimum absolute atomic E-state index is 0.504. The summed E-state index contributed by atoms with van der Waals surface area (Å²) in [7, 11) is 0. The quantitative estimate of drug-likeness (QED) is 0.832.